The van der Waals surface area contributed by atoms with Gasteiger partial charge >= 0.3 is 0 Å². The Morgan fingerprint density at radius 2 is 1.87 bits per heavy atom. The highest BCUT2D eigenvalue weighted by molar-refractivity contribution is 6.11. The van der Waals surface area contributed by atoms with Gasteiger partial charge in [0.1, 0.15) is 0 Å². The Hall–Kier alpha value is -3.75. The number of aryl methyl sites for hydroxylation is 1. The van der Waals surface area contributed by atoms with Crippen molar-refractivity contribution in [2.24, 2.45) is 0 Å². The van der Waals surface area contributed by atoms with Gasteiger partial charge in [-0.25, -0.2) is 0 Å². The molecule has 0 atom stereocenters. The molecule has 3 aromatic rings. The normalized spacial score (nSPS) is 14.4. The van der Waals surface area contributed by atoms with E-state index in [-0.39, 0.29) is 23.3 Å². The summed E-state index contributed by atoms with van der Waals surface area (Å²) in [7, 11) is 0. The first-order chi connectivity index (χ1) is 14.9. The van der Waals surface area contributed by atoms with Crippen molar-refractivity contribution < 1.29 is 14.5 Å². The van der Waals surface area contributed by atoms with E-state index in [2.05, 4.69) is 20.8 Å². The SMILES string of the molecule is Cc1cc(C(=O)NC2CCCCC2)ccc1NC(=O)c1n[nH]c2ccc([N+](=O)[O-])cc12. The number of nitro groups is 1. The van der Waals surface area contributed by atoms with Gasteiger partial charge in [-0.15, -0.1) is 0 Å². The maximum Gasteiger partial charge on any atom is 0.276 e. The first-order valence-electron chi connectivity index (χ1n) is 10.3. The summed E-state index contributed by atoms with van der Waals surface area (Å²) in [4.78, 5) is 35.8. The Labute approximate surface area is 178 Å². The van der Waals surface area contributed by atoms with Gasteiger partial charge in [-0.05, 0) is 49.6 Å². The third kappa shape index (κ3) is 4.40. The number of aromatic amines is 1. The number of nitrogens with one attached hydrogen (secondary N) is 3. The molecule has 1 aliphatic carbocycles. The summed E-state index contributed by atoms with van der Waals surface area (Å²) in [6.07, 6.45) is 5.52. The zero-order chi connectivity index (χ0) is 22.0. The third-order valence-electron chi connectivity index (χ3n) is 5.65. The van der Waals surface area contributed by atoms with Crippen LogP contribution in [0.5, 0.6) is 0 Å². The van der Waals surface area contributed by atoms with Crippen LogP contribution in [0.2, 0.25) is 0 Å². The van der Waals surface area contributed by atoms with Crippen LogP contribution in [-0.4, -0.2) is 33.0 Å². The molecule has 1 heterocycles. The van der Waals surface area contributed by atoms with Gasteiger partial charge in [0.05, 0.1) is 10.4 Å². The van der Waals surface area contributed by atoms with Gasteiger partial charge in [0.25, 0.3) is 17.5 Å². The minimum atomic E-state index is -0.518. The average Bonchev–Trinajstić information content (AvgIpc) is 3.19. The summed E-state index contributed by atoms with van der Waals surface area (Å²) in [6, 6.07) is 9.50. The Bertz CT molecular complexity index is 1160. The number of benzene rings is 2. The fourth-order valence-corrected chi connectivity index (χ4v) is 3.93. The van der Waals surface area contributed by atoms with Crippen molar-refractivity contribution >= 4 is 34.1 Å². The number of carbonyl (C=O) groups excluding carboxylic acids is 2. The number of H-pyrrole nitrogens is 1. The second-order valence-electron chi connectivity index (χ2n) is 7.85. The molecule has 1 fully saturated rings. The molecule has 160 valence electrons. The molecular formula is C22H23N5O4. The van der Waals surface area contributed by atoms with E-state index in [4.69, 9.17) is 0 Å². The monoisotopic (exact) mass is 421 g/mol. The lowest BCUT2D eigenvalue weighted by atomic mass is 9.95. The molecule has 1 saturated carbocycles. The van der Waals surface area contributed by atoms with E-state index in [1.165, 1.54) is 24.6 Å². The van der Waals surface area contributed by atoms with Gasteiger partial charge in [-0.3, -0.25) is 24.8 Å². The van der Waals surface area contributed by atoms with Crippen LogP contribution in [-0.2, 0) is 0 Å². The average molecular weight is 421 g/mol. The van der Waals surface area contributed by atoms with E-state index in [0.717, 1.165) is 31.2 Å². The molecule has 4 rings (SSSR count). The first kappa shape index (κ1) is 20.5. The number of amides is 2. The van der Waals surface area contributed by atoms with Crippen molar-refractivity contribution in [1.29, 1.82) is 0 Å². The van der Waals surface area contributed by atoms with Gasteiger partial charge in [0.15, 0.2) is 5.69 Å². The van der Waals surface area contributed by atoms with Crippen molar-refractivity contribution in [3.8, 4) is 0 Å². The van der Waals surface area contributed by atoms with Crippen molar-refractivity contribution in [1.82, 2.24) is 15.5 Å². The molecular weight excluding hydrogens is 398 g/mol. The van der Waals surface area contributed by atoms with E-state index < -0.39 is 10.8 Å². The molecule has 9 heteroatoms. The summed E-state index contributed by atoms with van der Waals surface area (Å²) in [5, 5.41) is 24.0. The van der Waals surface area contributed by atoms with Crippen LogP contribution in [0.25, 0.3) is 10.9 Å². The maximum atomic E-state index is 12.8. The maximum absolute atomic E-state index is 12.8. The highest BCUT2D eigenvalue weighted by atomic mass is 16.6. The van der Waals surface area contributed by atoms with Crippen LogP contribution in [0.4, 0.5) is 11.4 Å². The molecule has 2 amide bonds. The minimum Gasteiger partial charge on any atom is -0.349 e. The molecule has 9 nitrogen and oxygen atoms in total. The number of carbonyl (C=O) groups is 2. The molecule has 0 spiro atoms. The number of hydrogen-bond donors (Lipinski definition) is 3. The van der Waals surface area contributed by atoms with Gasteiger partial charge in [-0.2, -0.15) is 5.10 Å². The predicted octanol–water partition coefficient (Wildman–Crippen LogP) is 4.09. The lowest BCUT2D eigenvalue weighted by Crippen LogP contribution is -2.36. The van der Waals surface area contributed by atoms with Gasteiger partial charge in [0, 0.05) is 34.8 Å². The zero-order valence-corrected chi connectivity index (χ0v) is 17.1. The van der Waals surface area contributed by atoms with E-state index >= 15 is 0 Å². The van der Waals surface area contributed by atoms with Crippen LogP contribution in [0.3, 0.4) is 0 Å². The number of fused-ring (bicyclic) bond motifs is 1. The molecule has 0 unspecified atom stereocenters. The van der Waals surface area contributed by atoms with E-state index in [1.807, 2.05) is 0 Å². The highest BCUT2D eigenvalue weighted by Gasteiger charge is 2.20. The topological polar surface area (TPSA) is 130 Å². The van der Waals surface area contributed by atoms with Gasteiger partial charge in [0.2, 0.25) is 0 Å². The summed E-state index contributed by atoms with van der Waals surface area (Å²) < 4.78 is 0. The standard InChI is InChI=1S/C22H23N5O4/c1-13-11-14(21(28)23-15-5-3-2-4-6-15)7-9-18(13)24-22(29)20-17-12-16(27(30)31)8-10-19(17)25-26-20/h7-12,15H,2-6H2,1H3,(H,23,28)(H,24,29)(H,25,26). The number of rotatable bonds is 5. The highest BCUT2D eigenvalue weighted by Crippen LogP contribution is 2.24. The molecule has 0 bridgehead atoms. The smallest absolute Gasteiger partial charge is 0.276 e. The molecule has 31 heavy (non-hydrogen) atoms. The fraction of sp³-hybridized carbons (Fsp3) is 0.318. The van der Waals surface area contributed by atoms with Crippen molar-refractivity contribution in [3.05, 3.63) is 63.3 Å². The second-order valence-corrected chi connectivity index (χ2v) is 7.85. The fourth-order valence-electron chi connectivity index (χ4n) is 3.93. The second kappa shape index (κ2) is 8.55. The number of nitrogens with zero attached hydrogens (tertiary/aromatic N) is 2. The quantitative estimate of drug-likeness (QED) is 0.422. The predicted molar refractivity (Wildman–Crippen MR) is 116 cm³/mol. The number of nitro benzene ring substituents is 1. The van der Waals surface area contributed by atoms with E-state index in [1.54, 1.807) is 25.1 Å². The van der Waals surface area contributed by atoms with Crippen LogP contribution in [0, 0.1) is 17.0 Å². The zero-order valence-electron chi connectivity index (χ0n) is 17.1. The largest absolute Gasteiger partial charge is 0.349 e. The Morgan fingerprint density at radius 1 is 1.10 bits per heavy atom. The lowest BCUT2D eigenvalue weighted by molar-refractivity contribution is -0.384. The van der Waals surface area contributed by atoms with Crippen LogP contribution < -0.4 is 10.6 Å². The van der Waals surface area contributed by atoms with Crippen LogP contribution in [0.1, 0.15) is 58.5 Å². The molecule has 2 aromatic carbocycles. The molecule has 1 aromatic heterocycles. The summed E-state index contributed by atoms with van der Waals surface area (Å²) in [5.74, 6) is -0.604. The summed E-state index contributed by atoms with van der Waals surface area (Å²) in [6.45, 7) is 1.81. The molecule has 0 saturated heterocycles. The van der Waals surface area contributed by atoms with Crippen molar-refractivity contribution in [2.75, 3.05) is 5.32 Å². The Kier molecular flexibility index (Phi) is 5.66. The third-order valence-corrected chi connectivity index (χ3v) is 5.65. The summed E-state index contributed by atoms with van der Waals surface area (Å²) >= 11 is 0. The Balaban J connectivity index is 1.50. The molecule has 0 radical (unpaired) electrons. The number of hydrogen-bond acceptors (Lipinski definition) is 5. The number of aromatic nitrogens is 2. The number of anilines is 1. The van der Waals surface area contributed by atoms with Crippen molar-refractivity contribution in [3.63, 3.8) is 0 Å². The van der Waals surface area contributed by atoms with E-state index in [9.17, 15) is 19.7 Å². The van der Waals surface area contributed by atoms with E-state index in [0.29, 0.717) is 22.2 Å². The molecule has 3 N–H and O–H groups in total. The molecule has 1 aliphatic rings. The lowest BCUT2D eigenvalue weighted by Gasteiger charge is -2.23. The first-order valence-corrected chi connectivity index (χ1v) is 10.3. The Morgan fingerprint density at radius 3 is 2.58 bits per heavy atom. The van der Waals surface area contributed by atoms with Crippen molar-refractivity contribution in [2.45, 2.75) is 45.1 Å². The van der Waals surface area contributed by atoms with Gasteiger partial charge in [-0.1, -0.05) is 19.3 Å². The van der Waals surface area contributed by atoms with Crippen LogP contribution in [0.15, 0.2) is 36.4 Å². The minimum absolute atomic E-state index is 0.0669. The number of non-ortho nitro benzene ring substituents is 1. The molecule has 0 aliphatic heterocycles. The van der Waals surface area contributed by atoms with Gasteiger partial charge < -0.3 is 10.6 Å². The summed E-state index contributed by atoms with van der Waals surface area (Å²) in [5.41, 5.74) is 2.30. The van der Waals surface area contributed by atoms with Crippen LogP contribution >= 0.6 is 0 Å².